The summed E-state index contributed by atoms with van der Waals surface area (Å²) in [5.41, 5.74) is 5.98. The van der Waals surface area contributed by atoms with Crippen molar-refractivity contribution in [2.75, 3.05) is 12.3 Å². The Morgan fingerprint density at radius 1 is 1.60 bits per heavy atom. The van der Waals surface area contributed by atoms with Gasteiger partial charge in [0.25, 0.3) is 0 Å². The third kappa shape index (κ3) is 4.01. The Kier molecular flexibility index (Phi) is 3.87. The molecule has 0 saturated carbocycles. The van der Waals surface area contributed by atoms with Crippen LogP contribution in [0.2, 0.25) is 0 Å². The van der Waals surface area contributed by atoms with Gasteiger partial charge in [0.1, 0.15) is 0 Å². The first-order chi connectivity index (χ1) is 6.93. The molecule has 1 heterocycles. The van der Waals surface area contributed by atoms with Gasteiger partial charge in [0, 0.05) is 13.2 Å². The second-order valence-electron chi connectivity index (χ2n) is 3.88. The summed E-state index contributed by atoms with van der Waals surface area (Å²) >= 11 is 0. The maximum atomic E-state index is 11.7. The monoisotopic (exact) mass is 231 g/mol. The maximum Gasteiger partial charge on any atom is 0.156 e. The van der Waals surface area contributed by atoms with Crippen molar-refractivity contribution in [2.24, 2.45) is 18.7 Å². The Morgan fingerprint density at radius 3 is 2.73 bits per heavy atom. The van der Waals surface area contributed by atoms with E-state index < -0.39 is 9.84 Å². The van der Waals surface area contributed by atoms with Crippen LogP contribution in [0.25, 0.3) is 0 Å². The molecule has 0 saturated heterocycles. The van der Waals surface area contributed by atoms with Crippen molar-refractivity contribution in [3.63, 3.8) is 0 Å². The third-order valence-corrected chi connectivity index (χ3v) is 3.89. The SMILES string of the molecule is CC(CN)CS(=O)(=O)Cc1ccn(C)n1. The standard InChI is InChI=1S/C9H17N3O2S/c1-8(5-10)6-15(13,14)7-9-3-4-12(2)11-9/h3-4,8H,5-7,10H2,1-2H3. The lowest BCUT2D eigenvalue weighted by atomic mass is 10.2. The van der Waals surface area contributed by atoms with E-state index in [9.17, 15) is 8.42 Å². The molecule has 0 aliphatic rings. The van der Waals surface area contributed by atoms with Gasteiger partial charge in [-0.3, -0.25) is 4.68 Å². The molecule has 6 heteroatoms. The molecule has 0 aliphatic heterocycles. The zero-order valence-corrected chi connectivity index (χ0v) is 9.87. The highest BCUT2D eigenvalue weighted by Crippen LogP contribution is 2.07. The lowest BCUT2D eigenvalue weighted by Crippen LogP contribution is -2.22. The molecule has 86 valence electrons. The molecule has 0 aromatic carbocycles. The van der Waals surface area contributed by atoms with Crippen LogP contribution in [0.4, 0.5) is 0 Å². The molecule has 0 aliphatic carbocycles. The van der Waals surface area contributed by atoms with Crippen LogP contribution in [0.1, 0.15) is 12.6 Å². The van der Waals surface area contributed by atoms with Gasteiger partial charge in [0.2, 0.25) is 0 Å². The average Bonchev–Trinajstić information content (AvgIpc) is 2.49. The first-order valence-corrected chi connectivity index (χ1v) is 6.64. The summed E-state index contributed by atoms with van der Waals surface area (Å²) in [7, 11) is -1.33. The number of aromatic nitrogens is 2. The van der Waals surface area contributed by atoms with Gasteiger partial charge in [-0.05, 0) is 18.5 Å². The molecule has 2 N–H and O–H groups in total. The van der Waals surface area contributed by atoms with Crippen LogP contribution in [0, 0.1) is 5.92 Å². The predicted octanol–water partition coefficient (Wildman–Crippen LogP) is -0.0703. The van der Waals surface area contributed by atoms with Gasteiger partial charge in [-0.1, -0.05) is 6.92 Å². The van der Waals surface area contributed by atoms with E-state index in [1.165, 1.54) is 0 Å². The Morgan fingerprint density at radius 2 is 2.27 bits per heavy atom. The Labute approximate surface area is 90.2 Å². The highest BCUT2D eigenvalue weighted by molar-refractivity contribution is 7.90. The van der Waals surface area contributed by atoms with Gasteiger partial charge in [0.05, 0.1) is 17.2 Å². The summed E-state index contributed by atoms with van der Waals surface area (Å²) in [5, 5.41) is 4.04. The van der Waals surface area contributed by atoms with E-state index in [1.807, 2.05) is 6.92 Å². The number of hydrogen-bond donors (Lipinski definition) is 1. The van der Waals surface area contributed by atoms with Gasteiger partial charge in [-0.15, -0.1) is 0 Å². The smallest absolute Gasteiger partial charge is 0.156 e. The molecule has 0 amide bonds. The number of nitrogens with two attached hydrogens (primary N) is 1. The number of rotatable bonds is 5. The van der Waals surface area contributed by atoms with Crippen molar-refractivity contribution < 1.29 is 8.42 Å². The zero-order valence-electron chi connectivity index (χ0n) is 9.05. The fraction of sp³-hybridized carbons (Fsp3) is 0.667. The van der Waals surface area contributed by atoms with Gasteiger partial charge >= 0.3 is 0 Å². The quantitative estimate of drug-likeness (QED) is 0.769. The first kappa shape index (κ1) is 12.2. The van der Waals surface area contributed by atoms with E-state index in [-0.39, 0.29) is 17.4 Å². The van der Waals surface area contributed by atoms with E-state index in [0.29, 0.717) is 12.2 Å². The van der Waals surface area contributed by atoms with E-state index in [2.05, 4.69) is 5.10 Å². The van der Waals surface area contributed by atoms with Crippen LogP contribution in [0.15, 0.2) is 12.3 Å². The summed E-state index contributed by atoms with van der Waals surface area (Å²) in [6, 6.07) is 1.71. The number of nitrogens with zero attached hydrogens (tertiary/aromatic N) is 2. The minimum atomic E-state index is -3.09. The molecular weight excluding hydrogens is 214 g/mol. The van der Waals surface area contributed by atoms with Crippen LogP contribution in [0.3, 0.4) is 0 Å². The molecule has 5 nitrogen and oxygen atoms in total. The highest BCUT2D eigenvalue weighted by atomic mass is 32.2. The van der Waals surface area contributed by atoms with Crippen LogP contribution < -0.4 is 5.73 Å². The molecule has 0 fully saturated rings. The van der Waals surface area contributed by atoms with Crippen LogP contribution in [0.5, 0.6) is 0 Å². The van der Waals surface area contributed by atoms with Crippen LogP contribution in [-0.2, 0) is 22.6 Å². The molecule has 15 heavy (non-hydrogen) atoms. The minimum absolute atomic E-state index is 0.00119. The molecule has 0 spiro atoms. The van der Waals surface area contributed by atoms with Crippen molar-refractivity contribution in [3.8, 4) is 0 Å². The third-order valence-electron chi connectivity index (χ3n) is 2.08. The summed E-state index contributed by atoms with van der Waals surface area (Å²) in [5.74, 6) is 0.122. The second-order valence-corrected chi connectivity index (χ2v) is 5.99. The van der Waals surface area contributed by atoms with E-state index in [4.69, 9.17) is 5.73 Å². The highest BCUT2D eigenvalue weighted by Gasteiger charge is 2.16. The van der Waals surface area contributed by atoms with Crippen molar-refractivity contribution in [2.45, 2.75) is 12.7 Å². The molecule has 0 bridgehead atoms. The minimum Gasteiger partial charge on any atom is -0.330 e. The van der Waals surface area contributed by atoms with Gasteiger partial charge < -0.3 is 5.73 Å². The lowest BCUT2D eigenvalue weighted by Gasteiger charge is -2.07. The number of hydrogen-bond acceptors (Lipinski definition) is 4. The summed E-state index contributed by atoms with van der Waals surface area (Å²) in [6.07, 6.45) is 1.73. The van der Waals surface area contributed by atoms with E-state index in [0.717, 1.165) is 0 Å². The van der Waals surface area contributed by atoms with Gasteiger partial charge in [0.15, 0.2) is 9.84 Å². The molecule has 1 aromatic rings. The Balaban J connectivity index is 2.64. The van der Waals surface area contributed by atoms with E-state index in [1.54, 1.807) is 24.0 Å². The number of sulfone groups is 1. The molecular formula is C9H17N3O2S. The second kappa shape index (κ2) is 4.76. The predicted molar refractivity (Wildman–Crippen MR) is 58.9 cm³/mol. The van der Waals surface area contributed by atoms with Crippen molar-refractivity contribution >= 4 is 9.84 Å². The first-order valence-electron chi connectivity index (χ1n) is 4.82. The topological polar surface area (TPSA) is 78.0 Å². The normalized spacial score (nSPS) is 14.1. The van der Waals surface area contributed by atoms with Crippen molar-refractivity contribution in [1.29, 1.82) is 0 Å². The molecule has 1 atom stereocenters. The van der Waals surface area contributed by atoms with Crippen LogP contribution >= 0.6 is 0 Å². The summed E-state index contributed by atoms with van der Waals surface area (Å²) in [6.45, 7) is 2.22. The molecule has 1 aromatic heterocycles. The average molecular weight is 231 g/mol. The zero-order chi connectivity index (χ0) is 11.5. The maximum absolute atomic E-state index is 11.7. The fourth-order valence-corrected chi connectivity index (χ4v) is 3.05. The Bertz CT molecular complexity index is 411. The molecule has 0 radical (unpaired) electrons. The van der Waals surface area contributed by atoms with Crippen LogP contribution in [-0.4, -0.2) is 30.5 Å². The fourth-order valence-electron chi connectivity index (χ4n) is 1.33. The number of aryl methyl sites for hydroxylation is 1. The summed E-state index contributed by atoms with van der Waals surface area (Å²) in [4.78, 5) is 0. The van der Waals surface area contributed by atoms with Gasteiger partial charge in [-0.2, -0.15) is 5.10 Å². The van der Waals surface area contributed by atoms with Crippen molar-refractivity contribution in [3.05, 3.63) is 18.0 Å². The van der Waals surface area contributed by atoms with Gasteiger partial charge in [-0.25, -0.2) is 8.42 Å². The summed E-state index contributed by atoms with van der Waals surface area (Å²) < 4.78 is 24.9. The van der Waals surface area contributed by atoms with Crippen molar-refractivity contribution in [1.82, 2.24) is 9.78 Å². The molecule has 1 unspecified atom stereocenters. The Hall–Kier alpha value is -0.880. The lowest BCUT2D eigenvalue weighted by molar-refractivity contribution is 0.572. The largest absolute Gasteiger partial charge is 0.330 e. The molecule has 1 rings (SSSR count). The van der Waals surface area contributed by atoms with E-state index >= 15 is 0 Å².